The molecule has 1 aliphatic heterocycles. The van der Waals surface area contributed by atoms with Crippen LogP contribution in [0, 0.1) is 0 Å². The van der Waals surface area contributed by atoms with Crippen LogP contribution in [0.2, 0.25) is 0 Å². The number of nitrogens with zero attached hydrogens (tertiary/aromatic N) is 3. The third kappa shape index (κ3) is 5.44. The SMILES string of the molecule is O=C(Nc1nc(CN2CCOCC2)cs1)C1=c2nc(-c3cccc(C(F)(F)F)c3)ccc2=CCC1. The maximum absolute atomic E-state index is 13.2. The van der Waals surface area contributed by atoms with Gasteiger partial charge >= 0.3 is 6.18 Å². The van der Waals surface area contributed by atoms with E-state index >= 15 is 0 Å². The Labute approximate surface area is 203 Å². The van der Waals surface area contributed by atoms with E-state index in [2.05, 4.69) is 20.2 Å². The summed E-state index contributed by atoms with van der Waals surface area (Å²) in [4.78, 5) is 24.6. The van der Waals surface area contributed by atoms with Gasteiger partial charge in [-0.25, -0.2) is 9.97 Å². The van der Waals surface area contributed by atoms with Crippen molar-refractivity contribution in [2.45, 2.75) is 25.6 Å². The smallest absolute Gasteiger partial charge is 0.379 e. The number of amides is 1. The zero-order valence-electron chi connectivity index (χ0n) is 18.8. The van der Waals surface area contributed by atoms with Crippen LogP contribution in [0.4, 0.5) is 18.3 Å². The molecule has 0 unspecified atom stereocenters. The number of thiazole rings is 1. The van der Waals surface area contributed by atoms with E-state index in [-0.39, 0.29) is 5.91 Å². The fourth-order valence-corrected chi connectivity index (χ4v) is 4.90. The molecule has 0 saturated carbocycles. The molecule has 2 aliphatic rings. The van der Waals surface area contributed by atoms with Gasteiger partial charge in [0.15, 0.2) is 5.13 Å². The number of aromatic nitrogens is 2. The van der Waals surface area contributed by atoms with Crippen LogP contribution in [-0.2, 0) is 22.3 Å². The molecule has 1 aliphatic carbocycles. The Bertz CT molecular complexity index is 1360. The summed E-state index contributed by atoms with van der Waals surface area (Å²) in [5, 5.41) is 6.62. The third-order valence-corrected chi connectivity index (χ3v) is 6.80. The van der Waals surface area contributed by atoms with Crippen LogP contribution in [0.15, 0.2) is 41.8 Å². The van der Waals surface area contributed by atoms with E-state index in [0.717, 1.165) is 36.1 Å². The molecule has 1 fully saturated rings. The van der Waals surface area contributed by atoms with Crippen molar-refractivity contribution in [1.29, 1.82) is 0 Å². The second-order valence-electron chi connectivity index (χ2n) is 8.42. The van der Waals surface area contributed by atoms with Crippen LogP contribution < -0.4 is 15.9 Å². The number of carbonyl (C=O) groups is 1. The van der Waals surface area contributed by atoms with Crippen LogP contribution in [-0.4, -0.2) is 47.1 Å². The largest absolute Gasteiger partial charge is 0.416 e. The average Bonchev–Trinajstić information content (AvgIpc) is 3.30. The first-order chi connectivity index (χ1) is 16.9. The lowest BCUT2D eigenvalue weighted by Crippen LogP contribution is -2.36. The summed E-state index contributed by atoms with van der Waals surface area (Å²) < 4.78 is 44.9. The molecule has 0 spiro atoms. The first kappa shape index (κ1) is 23.7. The minimum Gasteiger partial charge on any atom is -0.379 e. The molecule has 2 aromatic heterocycles. The number of ether oxygens (including phenoxy) is 1. The van der Waals surface area contributed by atoms with Gasteiger partial charge in [-0.15, -0.1) is 11.3 Å². The van der Waals surface area contributed by atoms with Gasteiger partial charge in [-0.3, -0.25) is 15.0 Å². The first-order valence-corrected chi connectivity index (χ1v) is 12.2. The molecule has 1 amide bonds. The highest BCUT2D eigenvalue weighted by molar-refractivity contribution is 7.14. The standard InChI is InChI=1S/C25H23F3N4O2S/c26-25(27,28)18-5-1-4-17(13-18)21-8-7-16-3-2-6-20(22(16)30-21)23(33)31-24-29-19(15-35-24)14-32-9-11-34-12-10-32/h1,3-5,7-8,13,15H,2,6,9-12,14H2,(H,29,31,33). The van der Waals surface area contributed by atoms with Crippen molar-refractivity contribution in [3.63, 3.8) is 0 Å². The monoisotopic (exact) mass is 500 g/mol. The van der Waals surface area contributed by atoms with Crippen molar-refractivity contribution < 1.29 is 22.7 Å². The fraction of sp³-hybridized carbons (Fsp3) is 0.320. The number of carbonyl (C=O) groups excluding carboxylic acids is 1. The third-order valence-electron chi connectivity index (χ3n) is 5.99. The minimum absolute atomic E-state index is 0.291. The second-order valence-corrected chi connectivity index (χ2v) is 9.28. The van der Waals surface area contributed by atoms with Gasteiger partial charge < -0.3 is 4.74 Å². The molecule has 1 N–H and O–H groups in total. The molecular weight excluding hydrogens is 477 g/mol. The van der Waals surface area contributed by atoms with E-state index in [1.165, 1.54) is 17.4 Å². The van der Waals surface area contributed by atoms with E-state index in [4.69, 9.17) is 4.74 Å². The second kappa shape index (κ2) is 9.88. The Hall–Kier alpha value is -3.08. The highest BCUT2D eigenvalue weighted by Crippen LogP contribution is 2.31. The summed E-state index contributed by atoms with van der Waals surface area (Å²) in [6.07, 6.45) is -1.28. The molecule has 0 atom stereocenters. The summed E-state index contributed by atoms with van der Waals surface area (Å²) in [5.41, 5.74) is 1.39. The van der Waals surface area contributed by atoms with E-state index < -0.39 is 11.7 Å². The lowest BCUT2D eigenvalue weighted by Gasteiger charge is -2.25. The van der Waals surface area contributed by atoms with Gasteiger partial charge in [0.2, 0.25) is 0 Å². The topological polar surface area (TPSA) is 67.4 Å². The number of benzene rings is 1. The minimum atomic E-state index is -4.44. The molecule has 182 valence electrons. The highest BCUT2D eigenvalue weighted by Gasteiger charge is 2.30. The Morgan fingerprint density at radius 2 is 1.97 bits per heavy atom. The predicted octanol–water partition coefficient (Wildman–Crippen LogP) is 3.42. The molecule has 1 aromatic carbocycles. The van der Waals surface area contributed by atoms with Crippen molar-refractivity contribution in [2.75, 3.05) is 31.6 Å². The lowest BCUT2D eigenvalue weighted by molar-refractivity contribution is -0.137. The average molecular weight is 501 g/mol. The number of hydrogen-bond acceptors (Lipinski definition) is 6. The Balaban J connectivity index is 1.40. The molecule has 1 saturated heterocycles. The summed E-state index contributed by atoms with van der Waals surface area (Å²) in [7, 11) is 0. The molecule has 35 heavy (non-hydrogen) atoms. The molecule has 0 radical (unpaired) electrons. The lowest BCUT2D eigenvalue weighted by atomic mass is 10.0. The van der Waals surface area contributed by atoms with Crippen molar-refractivity contribution in [3.8, 4) is 11.3 Å². The van der Waals surface area contributed by atoms with E-state index in [9.17, 15) is 18.0 Å². The van der Waals surface area contributed by atoms with Gasteiger partial charge in [0.05, 0.1) is 35.5 Å². The van der Waals surface area contributed by atoms with Crippen molar-refractivity contribution in [2.24, 2.45) is 0 Å². The van der Waals surface area contributed by atoms with Gasteiger partial charge in [0, 0.05) is 36.2 Å². The van der Waals surface area contributed by atoms with E-state index in [0.29, 0.717) is 59.9 Å². The number of pyridine rings is 1. The van der Waals surface area contributed by atoms with Crippen LogP contribution in [0.3, 0.4) is 0 Å². The van der Waals surface area contributed by atoms with Gasteiger partial charge in [0.1, 0.15) is 0 Å². The van der Waals surface area contributed by atoms with Gasteiger partial charge in [-0.05, 0) is 36.3 Å². The maximum Gasteiger partial charge on any atom is 0.416 e. The quantitative estimate of drug-likeness (QED) is 0.582. The molecule has 3 aromatic rings. The zero-order valence-corrected chi connectivity index (χ0v) is 19.6. The molecule has 3 heterocycles. The summed E-state index contributed by atoms with van der Waals surface area (Å²) in [6.45, 7) is 3.82. The number of hydrogen-bond donors (Lipinski definition) is 1. The van der Waals surface area contributed by atoms with E-state index in [1.54, 1.807) is 18.2 Å². The summed E-state index contributed by atoms with van der Waals surface area (Å²) in [6, 6.07) is 8.54. The Kier molecular flexibility index (Phi) is 6.68. The van der Waals surface area contributed by atoms with Crippen LogP contribution >= 0.6 is 11.3 Å². The number of halogens is 3. The van der Waals surface area contributed by atoms with Gasteiger partial charge in [0.25, 0.3) is 5.91 Å². The maximum atomic E-state index is 13.2. The number of alkyl halides is 3. The van der Waals surface area contributed by atoms with Crippen LogP contribution in [0.25, 0.3) is 22.9 Å². The van der Waals surface area contributed by atoms with Crippen LogP contribution in [0.1, 0.15) is 24.1 Å². The van der Waals surface area contributed by atoms with E-state index in [1.807, 2.05) is 11.5 Å². The van der Waals surface area contributed by atoms with Crippen molar-refractivity contribution >= 4 is 34.0 Å². The van der Waals surface area contributed by atoms with Gasteiger partial charge in [-0.1, -0.05) is 24.3 Å². The number of nitrogens with one attached hydrogen (secondary N) is 1. The Morgan fingerprint density at radius 1 is 1.14 bits per heavy atom. The zero-order chi connectivity index (χ0) is 24.4. The first-order valence-electron chi connectivity index (χ1n) is 11.3. The van der Waals surface area contributed by atoms with Crippen LogP contribution in [0.5, 0.6) is 0 Å². The molecular formula is C25H23F3N4O2S. The number of fused-ring (bicyclic) bond motifs is 1. The Morgan fingerprint density at radius 3 is 2.77 bits per heavy atom. The fourth-order valence-electron chi connectivity index (χ4n) is 4.20. The summed E-state index contributed by atoms with van der Waals surface area (Å²) >= 11 is 1.37. The molecule has 10 heteroatoms. The number of anilines is 1. The molecule has 0 bridgehead atoms. The van der Waals surface area contributed by atoms with Gasteiger partial charge in [-0.2, -0.15) is 13.2 Å². The summed E-state index contributed by atoms with van der Waals surface area (Å²) in [5.74, 6) is -0.291. The van der Waals surface area contributed by atoms with Crippen molar-refractivity contribution in [1.82, 2.24) is 14.9 Å². The number of rotatable bonds is 5. The molecule has 6 nitrogen and oxygen atoms in total. The highest BCUT2D eigenvalue weighted by atomic mass is 32.1. The van der Waals surface area contributed by atoms with Crippen molar-refractivity contribution in [3.05, 3.63) is 63.6 Å². The predicted molar refractivity (Wildman–Crippen MR) is 128 cm³/mol. The number of morpholine rings is 1. The normalized spacial score (nSPS) is 16.5. The molecule has 5 rings (SSSR count).